The van der Waals surface area contributed by atoms with Crippen molar-refractivity contribution in [1.82, 2.24) is 19.7 Å². The van der Waals surface area contributed by atoms with Crippen LogP contribution >= 0.6 is 0 Å². The van der Waals surface area contributed by atoms with Gasteiger partial charge >= 0.3 is 6.18 Å². The minimum Gasteiger partial charge on any atom is -0.495 e. The molecule has 14 heteroatoms. The summed E-state index contributed by atoms with van der Waals surface area (Å²) in [5.41, 5.74) is 8.67. The molecule has 0 spiro atoms. The predicted octanol–water partition coefficient (Wildman–Crippen LogP) is 7.10. The van der Waals surface area contributed by atoms with Crippen LogP contribution < -0.4 is 25.8 Å². The maximum atomic E-state index is 14.5. The molecule has 0 saturated heterocycles. The van der Waals surface area contributed by atoms with Gasteiger partial charge in [0, 0.05) is 12.1 Å². The summed E-state index contributed by atoms with van der Waals surface area (Å²) in [5, 5.41) is 11.1. The summed E-state index contributed by atoms with van der Waals surface area (Å²) >= 11 is 0. The number of para-hydroxylation sites is 2. The van der Waals surface area contributed by atoms with E-state index in [9.17, 15) is 22.4 Å². The van der Waals surface area contributed by atoms with Gasteiger partial charge in [-0.2, -0.15) is 18.3 Å². The fourth-order valence-corrected chi connectivity index (χ4v) is 5.11. The first-order valence-electron chi connectivity index (χ1n) is 14.4. The Balaban J connectivity index is 1.28. The van der Waals surface area contributed by atoms with E-state index in [1.807, 2.05) is 48.5 Å². The molecule has 0 radical (unpaired) electrons. The van der Waals surface area contributed by atoms with Crippen LogP contribution in [-0.4, -0.2) is 39.9 Å². The molecule has 0 bridgehead atoms. The van der Waals surface area contributed by atoms with Crippen molar-refractivity contribution in [3.05, 3.63) is 114 Å². The number of hydrogen-bond acceptors (Lipinski definition) is 8. The number of alkyl halides is 3. The number of aromatic nitrogens is 4. The van der Waals surface area contributed by atoms with Gasteiger partial charge in [-0.05, 0) is 60.2 Å². The summed E-state index contributed by atoms with van der Waals surface area (Å²) in [6.45, 7) is 0.551. The maximum Gasteiger partial charge on any atom is 0.416 e. The molecule has 6 aromatic rings. The first-order chi connectivity index (χ1) is 23.1. The topological polar surface area (TPSA) is 129 Å². The normalized spacial score (nSPS) is 11.4. The summed E-state index contributed by atoms with van der Waals surface area (Å²) in [4.78, 5) is 21.4. The van der Waals surface area contributed by atoms with Crippen LogP contribution in [0.1, 0.15) is 21.5 Å². The van der Waals surface area contributed by atoms with E-state index in [4.69, 9.17) is 20.3 Å². The molecule has 0 fully saturated rings. The molecular formula is C34H27F4N7O3. The zero-order valence-corrected chi connectivity index (χ0v) is 25.5. The van der Waals surface area contributed by atoms with Crippen molar-refractivity contribution in [2.75, 3.05) is 30.6 Å². The highest BCUT2D eigenvalue weighted by atomic mass is 19.4. The largest absolute Gasteiger partial charge is 0.495 e. The molecule has 10 nitrogen and oxygen atoms in total. The monoisotopic (exact) mass is 657 g/mol. The van der Waals surface area contributed by atoms with E-state index in [1.165, 1.54) is 19.5 Å². The molecule has 0 unspecified atom stereocenters. The number of fused-ring (bicyclic) bond motifs is 1. The zero-order valence-electron chi connectivity index (χ0n) is 25.5. The quantitative estimate of drug-likeness (QED) is 0.140. The first-order valence-corrected chi connectivity index (χ1v) is 14.4. The molecular weight excluding hydrogens is 630 g/mol. The molecule has 4 aromatic carbocycles. The number of nitrogens with one attached hydrogen (secondary N) is 2. The van der Waals surface area contributed by atoms with Crippen LogP contribution in [0.5, 0.6) is 11.5 Å². The van der Waals surface area contributed by atoms with Crippen molar-refractivity contribution >= 4 is 34.1 Å². The molecule has 244 valence electrons. The third kappa shape index (κ3) is 6.27. The van der Waals surface area contributed by atoms with Crippen molar-refractivity contribution in [3.63, 3.8) is 0 Å². The SMILES string of the molecule is COc1ccccc1NCc1ccc(-n2nc(-c3ccc(NC(=O)c4ccc(C(F)(F)F)cc4F)c(OC)c3)c3c(N)ncnc32)cc1. The molecule has 1 amide bonds. The summed E-state index contributed by atoms with van der Waals surface area (Å²) in [5.74, 6) is -1.17. The van der Waals surface area contributed by atoms with Crippen molar-refractivity contribution in [3.8, 4) is 28.4 Å². The van der Waals surface area contributed by atoms with Crippen LogP contribution in [-0.2, 0) is 12.7 Å². The van der Waals surface area contributed by atoms with Crippen molar-refractivity contribution < 1.29 is 31.8 Å². The zero-order chi connectivity index (χ0) is 34.0. The Labute approximate surface area is 271 Å². The number of amides is 1. The van der Waals surface area contributed by atoms with Crippen LogP contribution in [0, 0.1) is 5.82 Å². The molecule has 0 aliphatic heterocycles. The molecule has 6 rings (SSSR count). The average molecular weight is 658 g/mol. The smallest absolute Gasteiger partial charge is 0.416 e. The highest BCUT2D eigenvalue weighted by Gasteiger charge is 2.32. The lowest BCUT2D eigenvalue weighted by Crippen LogP contribution is -2.15. The minimum atomic E-state index is -4.75. The molecule has 48 heavy (non-hydrogen) atoms. The Morgan fingerprint density at radius 1 is 0.896 bits per heavy atom. The van der Waals surface area contributed by atoms with E-state index >= 15 is 0 Å². The third-order valence-electron chi connectivity index (χ3n) is 7.53. The highest BCUT2D eigenvalue weighted by Crippen LogP contribution is 2.37. The van der Waals surface area contributed by atoms with Crippen LogP contribution in [0.3, 0.4) is 0 Å². The molecule has 0 saturated carbocycles. The highest BCUT2D eigenvalue weighted by molar-refractivity contribution is 6.06. The Bertz CT molecular complexity index is 2130. The van der Waals surface area contributed by atoms with E-state index in [0.717, 1.165) is 23.1 Å². The number of hydrogen-bond donors (Lipinski definition) is 3. The van der Waals surface area contributed by atoms with Crippen LogP contribution in [0.15, 0.2) is 91.3 Å². The minimum absolute atomic E-state index is 0.149. The van der Waals surface area contributed by atoms with Crippen LogP contribution in [0.25, 0.3) is 28.0 Å². The number of methoxy groups -OCH3 is 2. The predicted molar refractivity (Wildman–Crippen MR) is 173 cm³/mol. The summed E-state index contributed by atoms with van der Waals surface area (Å²) in [7, 11) is 2.98. The van der Waals surface area contributed by atoms with Gasteiger partial charge in [0.05, 0.1) is 47.8 Å². The van der Waals surface area contributed by atoms with Crippen LogP contribution in [0.2, 0.25) is 0 Å². The van der Waals surface area contributed by atoms with Crippen LogP contribution in [0.4, 0.5) is 34.8 Å². The maximum absolute atomic E-state index is 14.5. The fourth-order valence-electron chi connectivity index (χ4n) is 5.11. The van der Waals surface area contributed by atoms with Crippen molar-refractivity contribution in [2.45, 2.75) is 12.7 Å². The fraction of sp³-hybridized carbons (Fsp3) is 0.118. The average Bonchev–Trinajstić information content (AvgIpc) is 3.48. The Kier molecular flexibility index (Phi) is 8.55. The lowest BCUT2D eigenvalue weighted by molar-refractivity contribution is -0.137. The number of rotatable bonds is 9. The van der Waals surface area contributed by atoms with Crippen molar-refractivity contribution in [2.24, 2.45) is 0 Å². The summed E-state index contributed by atoms with van der Waals surface area (Å²) in [6, 6.07) is 21.7. The molecule has 2 heterocycles. The molecule has 2 aromatic heterocycles. The number of ether oxygens (including phenoxy) is 2. The van der Waals surface area contributed by atoms with E-state index in [0.29, 0.717) is 40.6 Å². The van der Waals surface area contributed by atoms with Gasteiger partial charge in [0.15, 0.2) is 5.65 Å². The Morgan fingerprint density at radius 2 is 1.65 bits per heavy atom. The number of benzene rings is 4. The summed E-state index contributed by atoms with van der Waals surface area (Å²) < 4.78 is 65.8. The number of anilines is 3. The van der Waals surface area contributed by atoms with Gasteiger partial charge in [-0.15, -0.1) is 0 Å². The van der Waals surface area contributed by atoms with E-state index in [2.05, 4.69) is 20.6 Å². The Morgan fingerprint density at radius 3 is 2.35 bits per heavy atom. The van der Waals surface area contributed by atoms with E-state index < -0.39 is 29.0 Å². The van der Waals surface area contributed by atoms with E-state index in [1.54, 1.807) is 23.9 Å². The van der Waals surface area contributed by atoms with Gasteiger partial charge in [0.25, 0.3) is 5.91 Å². The molecule has 0 aliphatic carbocycles. The number of nitrogen functional groups attached to an aromatic ring is 1. The van der Waals surface area contributed by atoms with Gasteiger partial charge in [0.1, 0.15) is 35.2 Å². The van der Waals surface area contributed by atoms with E-state index in [-0.39, 0.29) is 23.3 Å². The first kappa shape index (κ1) is 31.8. The third-order valence-corrected chi connectivity index (χ3v) is 7.53. The number of nitrogens with zero attached hydrogens (tertiary/aromatic N) is 4. The number of halogens is 4. The van der Waals surface area contributed by atoms with Gasteiger partial charge in [-0.1, -0.05) is 30.3 Å². The summed E-state index contributed by atoms with van der Waals surface area (Å²) in [6.07, 6.45) is -3.41. The number of nitrogens with two attached hydrogens (primary N) is 1. The Hall–Kier alpha value is -6.18. The number of carbonyl (C=O) groups excluding carboxylic acids is 1. The lowest BCUT2D eigenvalue weighted by Gasteiger charge is -2.13. The molecule has 0 aliphatic rings. The standard InChI is InChI=1S/C34H27F4N7O3/c1-47-27-6-4-3-5-25(27)40-17-19-7-11-22(12-8-19)45-32-29(31(39)41-18-42-32)30(44-45)20-9-14-26(28(15-20)48-2)43-33(46)23-13-10-21(16-24(23)35)34(36,37)38/h3-16,18,40H,17H2,1-2H3,(H,43,46)(H2,39,41,42). The van der Waals surface area contributed by atoms with Gasteiger partial charge in [-0.3, -0.25) is 4.79 Å². The van der Waals surface area contributed by atoms with Gasteiger partial charge in [0.2, 0.25) is 0 Å². The lowest BCUT2D eigenvalue weighted by atomic mass is 10.1. The second kappa shape index (κ2) is 12.9. The van der Waals surface area contributed by atoms with Gasteiger partial charge in [-0.25, -0.2) is 19.0 Å². The van der Waals surface area contributed by atoms with Crippen molar-refractivity contribution in [1.29, 1.82) is 0 Å². The number of carbonyl (C=O) groups is 1. The molecule has 4 N–H and O–H groups in total. The van der Waals surface area contributed by atoms with Gasteiger partial charge < -0.3 is 25.8 Å². The second-order valence-corrected chi connectivity index (χ2v) is 10.5. The molecule has 0 atom stereocenters. The second-order valence-electron chi connectivity index (χ2n) is 10.5.